The van der Waals surface area contributed by atoms with E-state index >= 15 is 0 Å². The minimum absolute atomic E-state index is 0.0196. The fourth-order valence-electron chi connectivity index (χ4n) is 4.74. The standard InChI is InChI=1S/C28H30N4O2/c33-27(30-20-18-29(19-21-30)25-10-5-2-6-11-25)24-12-14-26(15-13-24)32-17-7-16-31(28(32)34)22-23-8-3-1-4-9-23/h1-6,8-15H,7,16-22H2. The van der Waals surface area contributed by atoms with Crippen LogP contribution in [0.1, 0.15) is 22.3 Å². The minimum Gasteiger partial charge on any atom is -0.368 e. The van der Waals surface area contributed by atoms with E-state index in [0.717, 1.165) is 37.3 Å². The van der Waals surface area contributed by atoms with Crippen molar-refractivity contribution in [2.24, 2.45) is 0 Å². The average molecular weight is 455 g/mol. The van der Waals surface area contributed by atoms with Gasteiger partial charge >= 0.3 is 6.03 Å². The summed E-state index contributed by atoms with van der Waals surface area (Å²) in [6, 6.07) is 27.9. The summed E-state index contributed by atoms with van der Waals surface area (Å²) in [5, 5.41) is 0. The van der Waals surface area contributed by atoms with Gasteiger partial charge in [-0.1, -0.05) is 48.5 Å². The first kappa shape index (κ1) is 22.0. The highest BCUT2D eigenvalue weighted by Gasteiger charge is 2.27. The number of carbonyl (C=O) groups excluding carboxylic acids is 2. The largest absolute Gasteiger partial charge is 0.368 e. The van der Waals surface area contributed by atoms with Gasteiger partial charge in [0.15, 0.2) is 0 Å². The summed E-state index contributed by atoms with van der Waals surface area (Å²) in [6.45, 7) is 5.13. The van der Waals surface area contributed by atoms with Gasteiger partial charge in [-0.2, -0.15) is 0 Å². The first-order valence-electron chi connectivity index (χ1n) is 12.0. The monoisotopic (exact) mass is 454 g/mol. The topological polar surface area (TPSA) is 47.1 Å². The van der Waals surface area contributed by atoms with E-state index in [4.69, 9.17) is 0 Å². The van der Waals surface area contributed by atoms with Gasteiger partial charge in [0.25, 0.3) is 5.91 Å². The molecule has 0 N–H and O–H groups in total. The molecule has 0 spiro atoms. The van der Waals surface area contributed by atoms with E-state index in [0.29, 0.717) is 31.7 Å². The lowest BCUT2D eigenvalue weighted by Gasteiger charge is -2.36. The van der Waals surface area contributed by atoms with Gasteiger partial charge in [0.2, 0.25) is 0 Å². The lowest BCUT2D eigenvalue weighted by Crippen LogP contribution is -2.49. The third kappa shape index (κ3) is 4.76. The van der Waals surface area contributed by atoms with Gasteiger partial charge in [0, 0.05) is 62.8 Å². The molecule has 0 aromatic heterocycles. The molecule has 0 bridgehead atoms. The van der Waals surface area contributed by atoms with Crippen LogP contribution in [0.2, 0.25) is 0 Å². The Labute approximate surface area is 201 Å². The summed E-state index contributed by atoms with van der Waals surface area (Å²) in [5.41, 5.74) is 3.84. The average Bonchev–Trinajstić information content (AvgIpc) is 2.91. The van der Waals surface area contributed by atoms with Gasteiger partial charge in [-0.25, -0.2) is 4.79 Å². The Morgan fingerprint density at radius 2 is 1.32 bits per heavy atom. The van der Waals surface area contributed by atoms with Crippen LogP contribution in [0.5, 0.6) is 0 Å². The van der Waals surface area contributed by atoms with Gasteiger partial charge in [-0.3, -0.25) is 9.69 Å². The molecule has 0 aliphatic carbocycles. The van der Waals surface area contributed by atoms with E-state index in [1.54, 1.807) is 0 Å². The Hall–Kier alpha value is -3.80. The minimum atomic E-state index is 0.0196. The van der Waals surface area contributed by atoms with Gasteiger partial charge in [-0.05, 0) is 48.4 Å². The maximum Gasteiger partial charge on any atom is 0.324 e. The van der Waals surface area contributed by atoms with Crippen molar-refractivity contribution in [3.05, 3.63) is 96.1 Å². The molecular formula is C28H30N4O2. The highest BCUT2D eigenvalue weighted by molar-refractivity contribution is 5.96. The van der Waals surface area contributed by atoms with E-state index in [-0.39, 0.29) is 11.9 Å². The number of rotatable bonds is 5. The Morgan fingerprint density at radius 1 is 0.676 bits per heavy atom. The predicted octanol–water partition coefficient (Wildman–Crippen LogP) is 4.48. The van der Waals surface area contributed by atoms with Crippen LogP contribution in [0.3, 0.4) is 0 Å². The zero-order chi connectivity index (χ0) is 23.3. The molecule has 0 unspecified atom stereocenters. The number of amides is 3. The van der Waals surface area contributed by atoms with Gasteiger partial charge in [0.1, 0.15) is 0 Å². The number of para-hydroxylation sites is 1. The zero-order valence-corrected chi connectivity index (χ0v) is 19.3. The van der Waals surface area contributed by atoms with E-state index in [9.17, 15) is 9.59 Å². The number of piperazine rings is 1. The molecular weight excluding hydrogens is 424 g/mol. The second-order valence-corrected chi connectivity index (χ2v) is 8.86. The van der Waals surface area contributed by atoms with Crippen molar-refractivity contribution >= 4 is 23.3 Å². The second-order valence-electron chi connectivity index (χ2n) is 8.86. The fraction of sp³-hybridized carbons (Fsp3) is 0.286. The maximum atomic E-state index is 13.1. The number of nitrogens with zero attached hydrogens (tertiary/aromatic N) is 4. The Morgan fingerprint density at radius 3 is 2.00 bits per heavy atom. The van der Waals surface area contributed by atoms with Crippen LogP contribution in [0.25, 0.3) is 0 Å². The van der Waals surface area contributed by atoms with E-state index in [1.807, 2.05) is 87.5 Å². The molecule has 2 saturated heterocycles. The molecule has 2 heterocycles. The summed E-state index contributed by atoms with van der Waals surface area (Å²) in [4.78, 5) is 34.1. The first-order valence-corrected chi connectivity index (χ1v) is 12.0. The highest BCUT2D eigenvalue weighted by Crippen LogP contribution is 2.23. The SMILES string of the molecule is O=C(c1ccc(N2CCCN(Cc3ccccc3)C2=O)cc1)N1CCN(c2ccccc2)CC1. The van der Waals surface area contributed by atoms with Crippen molar-refractivity contribution in [2.75, 3.05) is 49.1 Å². The van der Waals surface area contributed by atoms with Crippen LogP contribution in [0.4, 0.5) is 16.2 Å². The molecule has 2 aliphatic heterocycles. The molecule has 0 radical (unpaired) electrons. The lowest BCUT2D eigenvalue weighted by molar-refractivity contribution is 0.0747. The zero-order valence-electron chi connectivity index (χ0n) is 19.3. The van der Waals surface area contributed by atoms with Crippen LogP contribution >= 0.6 is 0 Å². The van der Waals surface area contributed by atoms with E-state index < -0.39 is 0 Å². The molecule has 6 nitrogen and oxygen atoms in total. The van der Waals surface area contributed by atoms with Crippen LogP contribution in [0.15, 0.2) is 84.9 Å². The molecule has 2 aliphatic rings. The molecule has 0 saturated carbocycles. The normalized spacial score (nSPS) is 16.6. The van der Waals surface area contributed by atoms with Gasteiger partial charge in [0.05, 0.1) is 0 Å². The van der Waals surface area contributed by atoms with Crippen molar-refractivity contribution in [2.45, 2.75) is 13.0 Å². The Kier molecular flexibility index (Phi) is 6.47. The lowest BCUT2D eigenvalue weighted by atomic mass is 10.1. The molecule has 3 amide bonds. The van der Waals surface area contributed by atoms with E-state index in [2.05, 4.69) is 17.0 Å². The number of carbonyl (C=O) groups is 2. The van der Waals surface area contributed by atoms with E-state index in [1.165, 1.54) is 5.69 Å². The molecule has 2 fully saturated rings. The van der Waals surface area contributed by atoms with Crippen molar-refractivity contribution in [1.29, 1.82) is 0 Å². The third-order valence-corrected chi connectivity index (χ3v) is 6.64. The van der Waals surface area contributed by atoms with Crippen LogP contribution in [-0.2, 0) is 6.54 Å². The smallest absolute Gasteiger partial charge is 0.324 e. The van der Waals surface area contributed by atoms with Crippen molar-refractivity contribution in [3.8, 4) is 0 Å². The fourth-order valence-corrected chi connectivity index (χ4v) is 4.74. The number of urea groups is 1. The number of benzene rings is 3. The number of hydrogen-bond donors (Lipinski definition) is 0. The Bertz CT molecular complexity index is 1110. The first-order chi connectivity index (χ1) is 16.7. The number of anilines is 2. The summed E-state index contributed by atoms with van der Waals surface area (Å²) < 4.78 is 0. The molecule has 0 atom stereocenters. The Balaban J connectivity index is 1.20. The van der Waals surface area contributed by atoms with Crippen molar-refractivity contribution in [3.63, 3.8) is 0 Å². The van der Waals surface area contributed by atoms with Crippen molar-refractivity contribution in [1.82, 2.24) is 9.80 Å². The molecule has 174 valence electrons. The highest BCUT2D eigenvalue weighted by atomic mass is 16.2. The molecule has 3 aromatic rings. The van der Waals surface area contributed by atoms with Gasteiger partial charge in [-0.15, -0.1) is 0 Å². The second kappa shape index (κ2) is 10.00. The molecule has 34 heavy (non-hydrogen) atoms. The molecule has 3 aromatic carbocycles. The van der Waals surface area contributed by atoms with Crippen LogP contribution in [0, 0.1) is 0 Å². The summed E-state index contributed by atoms with van der Waals surface area (Å²) in [6.07, 6.45) is 0.922. The van der Waals surface area contributed by atoms with Crippen molar-refractivity contribution < 1.29 is 9.59 Å². The third-order valence-electron chi connectivity index (χ3n) is 6.64. The predicted molar refractivity (Wildman–Crippen MR) is 135 cm³/mol. The summed E-state index contributed by atoms with van der Waals surface area (Å²) in [7, 11) is 0. The molecule has 6 heteroatoms. The number of hydrogen-bond acceptors (Lipinski definition) is 3. The summed E-state index contributed by atoms with van der Waals surface area (Å²) >= 11 is 0. The summed E-state index contributed by atoms with van der Waals surface area (Å²) in [5.74, 6) is 0.0509. The van der Waals surface area contributed by atoms with Gasteiger partial charge < -0.3 is 14.7 Å². The quantitative estimate of drug-likeness (QED) is 0.571. The van der Waals surface area contributed by atoms with Crippen LogP contribution < -0.4 is 9.80 Å². The molecule has 5 rings (SSSR count). The maximum absolute atomic E-state index is 13.1. The van der Waals surface area contributed by atoms with Crippen LogP contribution in [-0.4, -0.2) is 61.0 Å².